The van der Waals surface area contributed by atoms with Gasteiger partial charge in [-0.1, -0.05) is 43.6 Å². The molecule has 1 aliphatic carbocycles. The number of halogens is 4. The summed E-state index contributed by atoms with van der Waals surface area (Å²) in [5, 5.41) is 4.67. The average Bonchev–Trinajstić information content (AvgIpc) is 3.87. The number of fused-ring (bicyclic) bond motifs is 3. The summed E-state index contributed by atoms with van der Waals surface area (Å²) in [6, 6.07) is 8.58. The van der Waals surface area contributed by atoms with Gasteiger partial charge in [0.1, 0.15) is 11.7 Å². The first-order valence-corrected chi connectivity index (χ1v) is 18.4. The minimum absolute atomic E-state index is 0.0315. The van der Waals surface area contributed by atoms with E-state index in [9.17, 15) is 32.3 Å². The molecule has 0 radical (unpaired) electrons. The Balaban J connectivity index is 0.00000266. The fourth-order valence-corrected chi connectivity index (χ4v) is 6.75. The minimum atomic E-state index is -4.66. The monoisotopic (exact) mass is 800 g/mol. The third-order valence-corrected chi connectivity index (χ3v) is 10.2. The van der Waals surface area contributed by atoms with Crippen molar-refractivity contribution < 1.29 is 32.3 Å². The third kappa shape index (κ3) is 8.20. The molecular formula is C38H44BrF3N6O5. The number of hydrogen-bond donors (Lipinski definition) is 1. The molecule has 284 valence electrons. The molecule has 0 bridgehead atoms. The highest BCUT2D eigenvalue weighted by atomic mass is 79.9. The van der Waals surface area contributed by atoms with Gasteiger partial charge in [-0.3, -0.25) is 23.7 Å². The van der Waals surface area contributed by atoms with Gasteiger partial charge < -0.3 is 20.3 Å². The van der Waals surface area contributed by atoms with Crippen LogP contribution < -0.4 is 11.3 Å². The molecule has 1 fully saturated rings. The Morgan fingerprint density at radius 3 is 2.32 bits per heavy atom. The molecule has 53 heavy (non-hydrogen) atoms. The molecule has 2 amide bonds. The number of amides is 2. The molecule has 1 aliphatic heterocycles. The summed E-state index contributed by atoms with van der Waals surface area (Å²) in [6.07, 6.45) is 0.0253. The summed E-state index contributed by atoms with van der Waals surface area (Å²) in [5.74, 6) is -1.26. The molecule has 2 aliphatic rings. The van der Waals surface area contributed by atoms with Gasteiger partial charge in [0.2, 0.25) is 0 Å². The minimum Gasteiger partial charge on any atom is -0.443 e. The van der Waals surface area contributed by atoms with Crippen molar-refractivity contribution in [3.8, 4) is 5.69 Å². The summed E-state index contributed by atoms with van der Waals surface area (Å²) in [4.78, 5) is 56.2. The second-order valence-electron chi connectivity index (χ2n) is 13.7. The van der Waals surface area contributed by atoms with Crippen molar-refractivity contribution in [1.82, 2.24) is 24.0 Å². The molecule has 4 aromatic rings. The van der Waals surface area contributed by atoms with E-state index < -0.39 is 41.6 Å². The molecule has 2 atom stereocenters. The largest absolute Gasteiger partial charge is 0.443 e. The van der Waals surface area contributed by atoms with Gasteiger partial charge >= 0.3 is 12.1 Å². The molecule has 1 saturated carbocycles. The van der Waals surface area contributed by atoms with Crippen molar-refractivity contribution >= 4 is 39.4 Å². The summed E-state index contributed by atoms with van der Waals surface area (Å²) in [5.41, 5.74) is 7.59. The zero-order valence-corrected chi connectivity index (χ0v) is 32.1. The lowest BCUT2D eigenvalue weighted by Gasteiger charge is -2.35. The van der Waals surface area contributed by atoms with E-state index in [1.165, 1.54) is 29.0 Å². The molecule has 2 aromatic carbocycles. The molecule has 0 spiro atoms. The van der Waals surface area contributed by atoms with Crippen molar-refractivity contribution in [3.63, 3.8) is 0 Å². The van der Waals surface area contributed by atoms with Gasteiger partial charge in [0, 0.05) is 39.8 Å². The fourth-order valence-electron chi connectivity index (χ4n) is 6.28. The smallest absolute Gasteiger partial charge is 0.417 e. The van der Waals surface area contributed by atoms with E-state index >= 15 is 0 Å². The van der Waals surface area contributed by atoms with Crippen LogP contribution in [0.4, 0.5) is 13.2 Å². The van der Waals surface area contributed by atoms with E-state index in [1.54, 1.807) is 60.3 Å². The second kappa shape index (κ2) is 15.8. The van der Waals surface area contributed by atoms with Gasteiger partial charge in [-0.2, -0.15) is 18.3 Å². The molecule has 6 rings (SSSR count). The SMILES string of the molecule is CC.CC(C)C(N)C(=O)OCN(C)C(=O)c1ccc(-n2c(=O)c3c(n4ncc(CC5CC5)c24)CN(C(=O)c2ccc(Br)c(C(F)(F)F)c2)C(C)C3)cc1. The first-order valence-electron chi connectivity index (χ1n) is 17.7. The fraction of sp³-hybridized carbons (Fsp3) is 0.447. The number of alkyl halides is 3. The van der Waals surface area contributed by atoms with E-state index in [4.69, 9.17) is 10.5 Å². The van der Waals surface area contributed by atoms with Crippen LogP contribution in [0.5, 0.6) is 0 Å². The second-order valence-corrected chi connectivity index (χ2v) is 14.6. The number of carbonyl (C=O) groups excluding carboxylic acids is 3. The standard InChI is InChI=1S/C36H38BrF3N6O5.C2H6/c1-19(2)30(41)35(50)51-18-43(4)32(47)22-7-10-25(11-8-22)45-31-24(14-21-5-6-21)16-42-46(31)29-17-44(20(3)13-26(29)34(45)49)33(48)23-9-12-28(37)27(15-23)36(38,39)40;1-2/h7-12,15-16,19-21,30H,5-6,13-14,17-18,41H2,1-4H3;1-2H3. The molecule has 11 nitrogen and oxygen atoms in total. The quantitative estimate of drug-likeness (QED) is 0.153. The van der Waals surface area contributed by atoms with Gasteiger partial charge in [0.05, 0.1) is 29.7 Å². The van der Waals surface area contributed by atoms with Crippen LogP contribution in [0.3, 0.4) is 0 Å². The molecule has 15 heteroatoms. The maximum Gasteiger partial charge on any atom is 0.417 e. The number of aromatic nitrogens is 3. The Hall–Kier alpha value is -4.50. The predicted molar refractivity (Wildman–Crippen MR) is 197 cm³/mol. The van der Waals surface area contributed by atoms with Crippen LogP contribution in [0.2, 0.25) is 0 Å². The van der Waals surface area contributed by atoms with E-state index in [2.05, 4.69) is 21.0 Å². The van der Waals surface area contributed by atoms with Crippen LogP contribution in [0, 0.1) is 11.8 Å². The van der Waals surface area contributed by atoms with Crippen LogP contribution >= 0.6 is 15.9 Å². The number of hydrogen-bond acceptors (Lipinski definition) is 7. The van der Waals surface area contributed by atoms with E-state index in [-0.39, 0.29) is 41.2 Å². The van der Waals surface area contributed by atoms with Crippen molar-refractivity contribution in [2.45, 2.75) is 85.1 Å². The van der Waals surface area contributed by atoms with Crippen molar-refractivity contribution in [2.75, 3.05) is 13.8 Å². The summed E-state index contributed by atoms with van der Waals surface area (Å²) in [7, 11) is 1.50. The number of nitrogens with two attached hydrogens (primary N) is 1. The number of benzene rings is 2. The Bertz CT molecular complexity index is 2070. The molecule has 2 aromatic heterocycles. The van der Waals surface area contributed by atoms with Gasteiger partial charge in [-0.15, -0.1) is 0 Å². The first kappa shape index (κ1) is 39.7. The van der Waals surface area contributed by atoms with Crippen molar-refractivity contribution in [3.05, 3.63) is 97.0 Å². The topological polar surface area (TPSA) is 132 Å². The Kier molecular flexibility index (Phi) is 11.9. The Morgan fingerprint density at radius 2 is 1.72 bits per heavy atom. The maximum atomic E-state index is 14.4. The maximum absolute atomic E-state index is 14.4. The Morgan fingerprint density at radius 1 is 1.08 bits per heavy atom. The highest BCUT2D eigenvalue weighted by molar-refractivity contribution is 9.10. The summed E-state index contributed by atoms with van der Waals surface area (Å²) < 4.78 is 49.3. The van der Waals surface area contributed by atoms with Gasteiger partial charge in [0.15, 0.2) is 6.73 Å². The summed E-state index contributed by atoms with van der Waals surface area (Å²) >= 11 is 2.93. The summed E-state index contributed by atoms with van der Waals surface area (Å²) in [6.45, 7) is 9.03. The first-order chi connectivity index (χ1) is 25.1. The highest BCUT2D eigenvalue weighted by Gasteiger charge is 2.37. The number of nitrogens with zero attached hydrogens (tertiary/aromatic N) is 5. The molecular weight excluding hydrogens is 757 g/mol. The van der Waals surface area contributed by atoms with E-state index in [0.29, 0.717) is 40.5 Å². The predicted octanol–water partition coefficient (Wildman–Crippen LogP) is 6.39. The molecule has 3 heterocycles. The highest BCUT2D eigenvalue weighted by Crippen LogP contribution is 2.37. The average molecular weight is 802 g/mol. The van der Waals surface area contributed by atoms with E-state index in [1.807, 2.05) is 13.8 Å². The van der Waals surface area contributed by atoms with Crippen LogP contribution in [-0.4, -0.2) is 67.6 Å². The van der Waals surface area contributed by atoms with E-state index in [0.717, 1.165) is 24.5 Å². The molecule has 0 saturated heterocycles. The van der Waals surface area contributed by atoms with Crippen molar-refractivity contribution in [1.29, 1.82) is 0 Å². The molecule has 2 unspecified atom stereocenters. The van der Waals surface area contributed by atoms with Crippen LogP contribution in [0.1, 0.15) is 90.6 Å². The van der Waals surface area contributed by atoms with Gasteiger partial charge in [-0.25, -0.2) is 4.52 Å². The van der Waals surface area contributed by atoms with Crippen LogP contribution in [0.15, 0.2) is 57.9 Å². The van der Waals surface area contributed by atoms with Crippen molar-refractivity contribution in [2.24, 2.45) is 17.6 Å². The number of carbonyl (C=O) groups is 3. The lowest BCUT2D eigenvalue weighted by Crippen LogP contribution is -2.46. The molecule has 2 N–H and O–H groups in total. The zero-order chi connectivity index (χ0) is 38.9. The zero-order valence-electron chi connectivity index (χ0n) is 30.5. The normalized spacial score (nSPS) is 16.2. The number of esters is 1. The van der Waals surface area contributed by atoms with Crippen LogP contribution in [0.25, 0.3) is 11.3 Å². The lowest BCUT2D eigenvalue weighted by atomic mass is 9.97. The third-order valence-electron chi connectivity index (χ3n) is 9.54. The number of rotatable bonds is 9. The van der Waals surface area contributed by atoms with Gasteiger partial charge in [0.25, 0.3) is 17.4 Å². The lowest BCUT2D eigenvalue weighted by molar-refractivity contribution is -0.149. The number of ether oxygens (including phenoxy) is 1. The Labute approximate surface area is 314 Å². The van der Waals surface area contributed by atoms with Gasteiger partial charge in [-0.05, 0) is 86.9 Å². The van der Waals surface area contributed by atoms with Crippen LogP contribution in [-0.2, 0) is 35.1 Å².